The first-order chi connectivity index (χ1) is 15.7. The van der Waals surface area contributed by atoms with Crippen LogP contribution in [-0.2, 0) is 6.42 Å². The van der Waals surface area contributed by atoms with Gasteiger partial charge >= 0.3 is 0 Å². The molecule has 3 N–H and O–H groups in total. The molecule has 1 aromatic carbocycles. The number of nitrogens with zero attached hydrogens (tertiary/aromatic N) is 2. The lowest BCUT2D eigenvalue weighted by atomic mass is 9.90. The molecule has 3 fully saturated rings. The molecule has 0 radical (unpaired) electrons. The fourth-order valence-electron chi connectivity index (χ4n) is 5.22. The molecule has 1 unspecified atom stereocenters. The van der Waals surface area contributed by atoms with Gasteiger partial charge in [-0.25, -0.2) is 0 Å². The molecule has 1 saturated heterocycles. The Morgan fingerprint density at radius 1 is 1.16 bits per heavy atom. The van der Waals surface area contributed by atoms with Crippen LogP contribution < -0.4 is 20.7 Å². The molecule has 0 amide bonds. The number of benzene rings is 1. The van der Waals surface area contributed by atoms with E-state index < -0.39 is 0 Å². The summed E-state index contributed by atoms with van der Waals surface area (Å²) in [6, 6.07) is 5.32. The van der Waals surface area contributed by atoms with Crippen LogP contribution in [0.1, 0.15) is 69.4 Å². The van der Waals surface area contributed by atoms with Gasteiger partial charge in [0.2, 0.25) is 0 Å². The maximum absolute atomic E-state index is 6.67. The topological polar surface area (TPSA) is 62.9 Å². The summed E-state index contributed by atoms with van der Waals surface area (Å²) in [5.74, 6) is 1.68. The second-order valence-electron chi connectivity index (χ2n) is 10.0. The summed E-state index contributed by atoms with van der Waals surface area (Å²) < 4.78 is 6.67. The molecule has 2 saturated carbocycles. The normalized spacial score (nSPS) is 25.0. The lowest BCUT2D eigenvalue weighted by Gasteiger charge is -2.40. The number of anilines is 1. The zero-order valence-corrected chi connectivity index (χ0v) is 19.5. The van der Waals surface area contributed by atoms with E-state index in [-0.39, 0.29) is 0 Å². The molecule has 2 heterocycles. The Kier molecular flexibility index (Phi) is 6.27. The molecule has 2 aliphatic heterocycles. The number of piperidine rings is 1. The molecule has 2 aliphatic carbocycles. The molecule has 5 heteroatoms. The Balaban J connectivity index is 1.50. The first-order valence-corrected chi connectivity index (χ1v) is 12.6. The minimum Gasteiger partial charge on any atom is -0.489 e. The molecule has 0 aromatic heterocycles. The Bertz CT molecular complexity index is 906. The Hall–Kier alpha value is -2.27. The molecule has 0 spiro atoms. The molecule has 172 valence electrons. The van der Waals surface area contributed by atoms with Crippen molar-refractivity contribution >= 4 is 17.5 Å². The largest absolute Gasteiger partial charge is 0.489 e. The number of hydrogen-bond donors (Lipinski definition) is 2. The minimum absolute atomic E-state index is 0.320. The van der Waals surface area contributed by atoms with Crippen molar-refractivity contribution in [1.29, 1.82) is 0 Å². The number of nitrogens with one attached hydrogen (secondary N) is 1. The maximum Gasteiger partial charge on any atom is 0.132 e. The monoisotopic (exact) mass is 434 g/mol. The van der Waals surface area contributed by atoms with Crippen molar-refractivity contribution in [2.45, 2.75) is 82.9 Å². The third-order valence-corrected chi connectivity index (χ3v) is 7.67. The number of allylic oxidation sites excluding steroid dienone is 2. The van der Waals surface area contributed by atoms with E-state index in [0.29, 0.717) is 24.1 Å². The molecule has 5 nitrogen and oxygen atoms in total. The average Bonchev–Trinajstić information content (AvgIpc) is 3.63. The smallest absolute Gasteiger partial charge is 0.132 e. The second-order valence-corrected chi connectivity index (χ2v) is 10.0. The van der Waals surface area contributed by atoms with Gasteiger partial charge < -0.3 is 20.7 Å². The van der Waals surface area contributed by atoms with Gasteiger partial charge in [-0.3, -0.25) is 4.99 Å². The first-order valence-electron chi connectivity index (χ1n) is 12.6. The summed E-state index contributed by atoms with van der Waals surface area (Å²) in [7, 11) is 0. The molecule has 4 aliphatic rings. The first kappa shape index (κ1) is 21.6. The highest BCUT2D eigenvalue weighted by Crippen LogP contribution is 2.47. The lowest BCUT2D eigenvalue weighted by Crippen LogP contribution is -2.37. The van der Waals surface area contributed by atoms with Crippen LogP contribution in [0.3, 0.4) is 0 Å². The van der Waals surface area contributed by atoms with Gasteiger partial charge in [-0.1, -0.05) is 6.58 Å². The van der Waals surface area contributed by atoms with Gasteiger partial charge in [0, 0.05) is 46.5 Å². The van der Waals surface area contributed by atoms with Gasteiger partial charge in [-0.05, 0) is 95.9 Å². The van der Waals surface area contributed by atoms with E-state index in [0.717, 1.165) is 68.5 Å². The van der Waals surface area contributed by atoms with Crippen molar-refractivity contribution in [3.8, 4) is 5.75 Å². The van der Waals surface area contributed by atoms with Crippen molar-refractivity contribution in [2.75, 3.05) is 18.0 Å². The van der Waals surface area contributed by atoms with Crippen LogP contribution in [0.25, 0.3) is 5.57 Å². The van der Waals surface area contributed by atoms with Crippen LogP contribution in [0.2, 0.25) is 0 Å². The number of ether oxygens (including phenoxy) is 1. The van der Waals surface area contributed by atoms with Gasteiger partial charge in [0.25, 0.3) is 0 Å². The number of aliphatic imine (C=N–C) groups is 1. The van der Waals surface area contributed by atoms with Crippen molar-refractivity contribution in [1.82, 2.24) is 5.32 Å². The highest BCUT2D eigenvalue weighted by molar-refractivity contribution is 6.11. The maximum atomic E-state index is 6.67. The molecular formula is C27H38N4O. The third-order valence-electron chi connectivity index (χ3n) is 7.67. The van der Waals surface area contributed by atoms with E-state index in [9.17, 15) is 0 Å². The molecule has 32 heavy (non-hydrogen) atoms. The van der Waals surface area contributed by atoms with E-state index in [4.69, 9.17) is 15.5 Å². The Morgan fingerprint density at radius 2 is 1.94 bits per heavy atom. The van der Waals surface area contributed by atoms with Crippen LogP contribution in [0.5, 0.6) is 5.75 Å². The third kappa shape index (κ3) is 4.32. The summed E-state index contributed by atoms with van der Waals surface area (Å²) in [5, 5.41) is 3.41. The van der Waals surface area contributed by atoms with Gasteiger partial charge in [-0.15, -0.1) is 0 Å². The highest BCUT2D eigenvalue weighted by Gasteiger charge is 2.36. The highest BCUT2D eigenvalue weighted by atomic mass is 16.5. The van der Waals surface area contributed by atoms with Crippen molar-refractivity contribution in [3.05, 3.63) is 41.7 Å². The SMILES string of the molecule is C=C(C1CC1)N1c2ccc(C(C=NC3CCNCC3)=CN)c(OC3CCC3)c2CCC1C. The van der Waals surface area contributed by atoms with Crippen molar-refractivity contribution < 1.29 is 4.74 Å². The van der Waals surface area contributed by atoms with E-state index in [1.165, 1.54) is 36.2 Å². The molecular weight excluding hydrogens is 396 g/mol. The van der Waals surface area contributed by atoms with E-state index in [2.05, 4.69) is 35.9 Å². The summed E-state index contributed by atoms with van der Waals surface area (Å²) in [5.41, 5.74) is 12.1. The fraction of sp³-hybridized carbons (Fsp3) is 0.593. The second kappa shape index (κ2) is 9.30. The lowest BCUT2D eigenvalue weighted by molar-refractivity contribution is 0.118. The van der Waals surface area contributed by atoms with Crippen LogP contribution >= 0.6 is 0 Å². The number of nitrogens with two attached hydrogens (primary N) is 1. The summed E-state index contributed by atoms with van der Waals surface area (Å²) in [6.07, 6.45) is 14.4. The van der Waals surface area contributed by atoms with Crippen LogP contribution in [-0.4, -0.2) is 37.5 Å². The van der Waals surface area contributed by atoms with Crippen LogP contribution in [0.15, 0.2) is 35.6 Å². The quantitative estimate of drug-likeness (QED) is 0.605. The van der Waals surface area contributed by atoms with Gasteiger partial charge in [0.05, 0.1) is 12.1 Å². The Labute approximate surface area is 192 Å². The van der Waals surface area contributed by atoms with Gasteiger partial charge in [0.15, 0.2) is 0 Å². The number of fused-ring (bicyclic) bond motifs is 1. The van der Waals surface area contributed by atoms with E-state index in [1.54, 1.807) is 6.20 Å². The van der Waals surface area contributed by atoms with E-state index in [1.807, 2.05) is 6.21 Å². The Morgan fingerprint density at radius 3 is 2.59 bits per heavy atom. The number of hydrogen-bond acceptors (Lipinski definition) is 5. The average molecular weight is 435 g/mol. The summed E-state index contributed by atoms with van der Waals surface area (Å²) in [4.78, 5) is 7.38. The molecule has 1 aromatic rings. The van der Waals surface area contributed by atoms with Gasteiger partial charge in [-0.2, -0.15) is 0 Å². The molecule has 1 atom stereocenters. The van der Waals surface area contributed by atoms with Crippen molar-refractivity contribution in [3.63, 3.8) is 0 Å². The van der Waals surface area contributed by atoms with Crippen LogP contribution in [0.4, 0.5) is 5.69 Å². The minimum atomic E-state index is 0.320. The molecule has 5 rings (SSSR count). The zero-order chi connectivity index (χ0) is 22.1. The summed E-state index contributed by atoms with van der Waals surface area (Å²) >= 11 is 0. The van der Waals surface area contributed by atoms with Crippen molar-refractivity contribution in [2.24, 2.45) is 16.6 Å². The number of rotatable bonds is 7. The standard InChI is InChI=1S/C27H38N4O/c1-18-6-9-25-26(31(18)19(2)20-7-8-20)11-10-24(27(25)32-23-4-3-5-23)21(16-28)17-30-22-12-14-29-15-13-22/h10-11,16-18,20,22-23,29H,2-9,12-15,28H2,1H3. The predicted molar refractivity (Wildman–Crippen MR) is 133 cm³/mol. The van der Waals surface area contributed by atoms with Gasteiger partial charge in [0.1, 0.15) is 5.75 Å². The summed E-state index contributed by atoms with van der Waals surface area (Å²) in [6.45, 7) is 8.90. The van der Waals surface area contributed by atoms with E-state index >= 15 is 0 Å². The fourth-order valence-corrected chi connectivity index (χ4v) is 5.22. The predicted octanol–water partition coefficient (Wildman–Crippen LogP) is 4.81. The van der Waals surface area contributed by atoms with Crippen LogP contribution in [0, 0.1) is 5.92 Å². The zero-order valence-electron chi connectivity index (χ0n) is 19.5. The molecule has 0 bridgehead atoms.